The summed E-state index contributed by atoms with van der Waals surface area (Å²) >= 11 is 0. The van der Waals surface area contributed by atoms with Gasteiger partial charge >= 0.3 is 5.97 Å². The fourth-order valence-corrected chi connectivity index (χ4v) is 0.367. The zero-order chi connectivity index (χ0) is 8.36. The average molecular weight is 153 g/mol. The van der Waals surface area contributed by atoms with Gasteiger partial charge in [0, 0.05) is 6.92 Å². The minimum Gasteiger partial charge on any atom is -0.481 e. The lowest BCUT2D eigenvalue weighted by Crippen LogP contribution is -2.39. The number of carboxylic acids is 1. The van der Waals surface area contributed by atoms with E-state index in [1.54, 1.807) is 0 Å². The molecule has 60 valence electrons. The molecular formula is C5H9F2NO2. The summed E-state index contributed by atoms with van der Waals surface area (Å²) in [6.07, 6.45) is -0.705. The largest absolute Gasteiger partial charge is 0.481 e. The monoisotopic (exact) mass is 153 g/mol. The van der Waals surface area contributed by atoms with Gasteiger partial charge in [-0.15, -0.1) is 0 Å². The van der Waals surface area contributed by atoms with Crippen LogP contribution in [0.4, 0.5) is 8.78 Å². The molecule has 0 aromatic rings. The molecule has 3 nitrogen and oxygen atoms in total. The van der Waals surface area contributed by atoms with Crippen LogP contribution in [0.15, 0.2) is 0 Å². The van der Waals surface area contributed by atoms with Crippen LogP contribution in [0.3, 0.4) is 0 Å². The van der Waals surface area contributed by atoms with Crippen molar-refractivity contribution in [2.75, 3.05) is 0 Å². The number of nitrogens with two attached hydrogens (primary N) is 1. The summed E-state index contributed by atoms with van der Waals surface area (Å²) in [5, 5.41) is 8.03. The third-order valence-electron chi connectivity index (χ3n) is 1.05. The molecule has 0 aromatic heterocycles. The van der Waals surface area contributed by atoms with Crippen LogP contribution in [0.2, 0.25) is 0 Å². The van der Waals surface area contributed by atoms with Crippen LogP contribution in [0, 0.1) is 0 Å². The molecule has 0 rings (SSSR count). The van der Waals surface area contributed by atoms with E-state index in [0.717, 1.165) is 0 Å². The smallest absolute Gasteiger partial charge is 0.305 e. The van der Waals surface area contributed by atoms with Gasteiger partial charge in [-0.1, -0.05) is 0 Å². The van der Waals surface area contributed by atoms with Crippen LogP contribution in [0.5, 0.6) is 0 Å². The number of aliphatic carboxylic acids is 1. The second-order valence-electron chi connectivity index (χ2n) is 2.16. The predicted molar refractivity (Wildman–Crippen MR) is 30.8 cm³/mol. The van der Waals surface area contributed by atoms with Gasteiger partial charge in [-0.05, 0) is 0 Å². The predicted octanol–water partition coefficient (Wildman–Crippen LogP) is 0.444. The van der Waals surface area contributed by atoms with Gasteiger partial charge in [-0.25, -0.2) is 8.78 Å². The molecule has 0 spiro atoms. The van der Waals surface area contributed by atoms with Gasteiger partial charge in [0.15, 0.2) is 0 Å². The molecule has 0 saturated carbocycles. The third-order valence-corrected chi connectivity index (χ3v) is 1.05. The number of hydrogen-bond donors (Lipinski definition) is 2. The SMILES string of the molecule is CC(F)(F)C(N)CC(=O)O. The van der Waals surface area contributed by atoms with Crippen LogP contribution < -0.4 is 5.73 Å². The highest BCUT2D eigenvalue weighted by Gasteiger charge is 2.32. The first-order valence-corrected chi connectivity index (χ1v) is 2.69. The van der Waals surface area contributed by atoms with E-state index in [2.05, 4.69) is 0 Å². The Bertz CT molecular complexity index is 132. The van der Waals surface area contributed by atoms with Crippen LogP contribution in [0.25, 0.3) is 0 Å². The maximum atomic E-state index is 12.1. The fraction of sp³-hybridized carbons (Fsp3) is 0.800. The van der Waals surface area contributed by atoms with Crippen molar-refractivity contribution >= 4 is 5.97 Å². The van der Waals surface area contributed by atoms with E-state index in [9.17, 15) is 13.6 Å². The Morgan fingerprint density at radius 1 is 1.80 bits per heavy atom. The number of rotatable bonds is 3. The van der Waals surface area contributed by atoms with E-state index in [-0.39, 0.29) is 0 Å². The summed E-state index contributed by atoms with van der Waals surface area (Å²) in [5.74, 6) is -4.42. The van der Waals surface area contributed by atoms with Crippen molar-refractivity contribution < 1.29 is 18.7 Å². The molecule has 3 N–H and O–H groups in total. The van der Waals surface area contributed by atoms with Gasteiger partial charge in [-0.3, -0.25) is 4.79 Å². The highest BCUT2D eigenvalue weighted by atomic mass is 19.3. The lowest BCUT2D eigenvalue weighted by molar-refractivity contribution is -0.139. The Labute approximate surface area is 56.8 Å². The summed E-state index contributed by atoms with van der Waals surface area (Å²) in [4.78, 5) is 9.84. The zero-order valence-corrected chi connectivity index (χ0v) is 5.47. The van der Waals surface area contributed by atoms with Crippen molar-refractivity contribution in [2.24, 2.45) is 5.73 Å². The molecule has 0 aromatic carbocycles. The molecule has 0 aliphatic carbocycles. The summed E-state index contributed by atoms with van der Waals surface area (Å²) in [7, 11) is 0. The molecule has 0 amide bonds. The van der Waals surface area contributed by atoms with E-state index in [4.69, 9.17) is 10.8 Å². The first-order chi connectivity index (χ1) is 4.34. The van der Waals surface area contributed by atoms with Gasteiger partial charge in [0.25, 0.3) is 5.92 Å². The molecule has 1 atom stereocenters. The summed E-state index contributed by atoms with van der Waals surface area (Å²) in [5.41, 5.74) is 4.82. The second-order valence-corrected chi connectivity index (χ2v) is 2.16. The van der Waals surface area contributed by atoms with Gasteiger partial charge < -0.3 is 10.8 Å². The Balaban J connectivity index is 3.85. The molecule has 5 heteroatoms. The van der Waals surface area contributed by atoms with Crippen molar-refractivity contribution in [1.82, 2.24) is 0 Å². The number of alkyl halides is 2. The first kappa shape index (κ1) is 9.29. The van der Waals surface area contributed by atoms with Crippen LogP contribution in [-0.2, 0) is 4.79 Å². The van der Waals surface area contributed by atoms with E-state index < -0.39 is 24.4 Å². The van der Waals surface area contributed by atoms with Gasteiger partial charge in [0.05, 0.1) is 12.5 Å². The maximum Gasteiger partial charge on any atom is 0.305 e. The Morgan fingerprint density at radius 3 is 2.30 bits per heavy atom. The minimum absolute atomic E-state index is 0.598. The number of carboxylic acid groups (broad SMARTS) is 1. The number of halogens is 2. The quantitative estimate of drug-likeness (QED) is 0.618. The highest BCUT2D eigenvalue weighted by molar-refractivity contribution is 5.67. The van der Waals surface area contributed by atoms with Crippen molar-refractivity contribution in [3.63, 3.8) is 0 Å². The Morgan fingerprint density at radius 2 is 2.20 bits per heavy atom. The van der Waals surface area contributed by atoms with Crippen molar-refractivity contribution in [1.29, 1.82) is 0 Å². The van der Waals surface area contributed by atoms with Gasteiger partial charge in [0.1, 0.15) is 0 Å². The van der Waals surface area contributed by atoms with Gasteiger partial charge in [0.2, 0.25) is 0 Å². The lowest BCUT2D eigenvalue weighted by Gasteiger charge is -2.16. The summed E-state index contributed by atoms with van der Waals surface area (Å²) in [6, 6.07) is -1.59. The molecule has 1 unspecified atom stereocenters. The normalized spacial score (nSPS) is 14.8. The van der Waals surface area contributed by atoms with E-state index in [1.807, 2.05) is 0 Å². The van der Waals surface area contributed by atoms with Crippen molar-refractivity contribution in [3.05, 3.63) is 0 Å². The standard InChI is InChI=1S/C5H9F2NO2/c1-5(6,7)3(8)2-4(9)10/h3H,2,8H2,1H3,(H,9,10). The number of hydrogen-bond acceptors (Lipinski definition) is 2. The van der Waals surface area contributed by atoms with Crippen LogP contribution in [-0.4, -0.2) is 23.0 Å². The number of carbonyl (C=O) groups is 1. The molecule has 0 saturated heterocycles. The topological polar surface area (TPSA) is 63.3 Å². The van der Waals surface area contributed by atoms with Crippen LogP contribution >= 0.6 is 0 Å². The lowest BCUT2D eigenvalue weighted by atomic mass is 10.1. The van der Waals surface area contributed by atoms with E-state index in [1.165, 1.54) is 0 Å². The Hall–Kier alpha value is -0.710. The average Bonchev–Trinajstić information content (AvgIpc) is 1.60. The maximum absolute atomic E-state index is 12.1. The molecule has 0 radical (unpaired) electrons. The molecule has 0 aliphatic heterocycles. The fourth-order valence-electron chi connectivity index (χ4n) is 0.367. The molecule has 0 fully saturated rings. The van der Waals surface area contributed by atoms with E-state index >= 15 is 0 Å². The van der Waals surface area contributed by atoms with E-state index in [0.29, 0.717) is 6.92 Å². The third kappa shape index (κ3) is 3.34. The molecule has 0 bridgehead atoms. The molecule has 0 heterocycles. The van der Waals surface area contributed by atoms with Crippen molar-refractivity contribution in [3.8, 4) is 0 Å². The van der Waals surface area contributed by atoms with Crippen LogP contribution in [0.1, 0.15) is 13.3 Å². The molecular weight excluding hydrogens is 144 g/mol. The summed E-state index contributed by atoms with van der Waals surface area (Å²) < 4.78 is 24.2. The summed E-state index contributed by atoms with van der Waals surface area (Å²) in [6.45, 7) is 0.598. The second kappa shape index (κ2) is 2.92. The first-order valence-electron chi connectivity index (χ1n) is 2.69. The van der Waals surface area contributed by atoms with Crippen molar-refractivity contribution in [2.45, 2.75) is 25.3 Å². The highest BCUT2D eigenvalue weighted by Crippen LogP contribution is 2.17. The Kier molecular flexibility index (Phi) is 2.71. The minimum atomic E-state index is -3.11. The molecule has 0 aliphatic rings. The molecule has 10 heavy (non-hydrogen) atoms. The van der Waals surface area contributed by atoms with Gasteiger partial charge in [-0.2, -0.15) is 0 Å². The zero-order valence-electron chi connectivity index (χ0n) is 5.47.